The Labute approximate surface area is 767 Å². The smallest absolute Gasteiger partial charge is 0.270 e. The molecule has 0 unspecified atom stereocenters. The molecule has 1 heterocycles. The highest BCUT2D eigenvalue weighted by Gasteiger charge is 2.24. The quantitative estimate of drug-likeness (QED) is 0.0125. The van der Waals surface area contributed by atoms with Gasteiger partial charge in [-0.15, -0.1) is 0 Å². The largest absolute Gasteiger partial charge is 0.361 e. The van der Waals surface area contributed by atoms with Crippen molar-refractivity contribution in [2.24, 2.45) is 11.5 Å². The Kier molecular flexibility index (Phi) is 54.1. The highest BCUT2D eigenvalue weighted by Crippen LogP contribution is 2.20. The van der Waals surface area contributed by atoms with Crippen molar-refractivity contribution in [2.75, 3.05) is 262 Å². The van der Waals surface area contributed by atoms with Crippen LogP contribution in [-0.2, 0) is 11.2 Å². The van der Waals surface area contributed by atoms with Gasteiger partial charge in [-0.3, -0.25) is 63.6 Å². The lowest BCUT2D eigenvalue weighted by Crippen LogP contribution is -2.50. The molecule has 0 aliphatic heterocycles. The average molecular weight is 1820 g/mol. The van der Waals surface area contributed by atoms with E-state index in [1.807, 2.05) is 24.3 Å². The van der Waals surface area contributed by atoms with E-state index in [-0.39, 0.29) is 87.1 Å². The maximum Gasteiger partial charge on any atom is 0.270 e. The molecule has 0 radical (unpaired) electrons. The van der Waals surface area contributed by atoms with E-state index in [9.17, 15) is 52.7 Å². The SMILES string of the molecule is NCCNCCNCCNCCNC(=O)c1ccccc1C(=O)NCCNCCNCCNCCNC(=O)c1ccccc1C(=O)NCCNCCNCCNCCNC(=O)c1ccccc1C(=O)NCCNCCNCCNCCNC(=O)c1ccccc1C(=O)NCCNCCNCCNCCNC(=O)c1ccccc1C(=O)NNC(=O)[C@@H](N)Cc1c[nH]c2ccccc12. The second kappa shape index (κ2) is 66.7. The number of hydrazine groups is 1. The maximum absolute atomic E-state index is 13.2. The Bertz CT molecular complexity index is 4530. The summed E-state index contributed by atoms with van der Waals surface area (Å²) < 4.78 is 0. The standard InChI is InChI=1S/C91H139N29O11/c92-25-26-94-27-28-95-29-38-100-47-56-109-81(121)69-14-1-2-15-70(69)82(122)110-57-48-101-39-30-96-31-40-102-49-58-111-83(123)71-16-3-4-17-72(71)84(124)112-59-50-103-41-32-97-33-42-104-51-60-113-85(125)73-18-5-6-19-74(73)86(126)114-61-52-105-43-34-98-35-44-106-53-62-115-87(127)75-20-7-8-21-76(75)88(128)116-63-54-107-45-36-99-37-46-108-55-64-117-89(129)77-22-9-10-23-78(77)90(130)119-120-91(131)79(93)65-67-66-118-80-24-12-11-13-68(67)80/h1-24,66,79,94-108,118H,25-65,92-93H2,(H,109,121)(H,110,122)(H,111,123)(H,112,124)(H,113,125)(H,114,126)(H,115,127)(H,116,128)(H,117,129)(H,119,130)(H,120,131)/t79-/m0/s1. The van der Waals surface area contributed by atoms with Crippen molar-refractivity contribution in [3.8, 4) is 0 Å². The van der Waals surface area contributed by atoms with Crippen LogP contribution in [0.1, 0.15) is 109 Å². The third-order valence-electron chi connectivity index (χ3n) is 20.2. The number of H-pyrrole nitrogens is 1. The van der Waals surface area contributed by atoms with Crippen molar-refractivity contribution in [1.29, 1.82) is 0 Å². The molecule has 0 aliphatic carbocycles. The number of hydrogen-bond donors (Lipinski definition) is 29. The molecule has 0 aliphatic rings. The summed E-state index contributed by atoms with van der Waals surface area (Å²) in [6, 6.07) is 39.9. The van der Waals surface area contributed by atoms with Crippen LogP contribution in [0.4, 0.5) is 0 Å². The molecule has 131 heavy (non-hydrogen) atoms. The van der Waals surface area contributed by atoms with Gasteiger partial charge in [0.25, 0.3) is 65.0 Å². The number of benzene rings is 6. The Balaban J connectivity index is 0.594. The normalized spacial score (nSPS) is 11.3. The number of carbonyl (C=O) groups excluding carboxylic acids is 11. The van der Waals surface area contributed by atoms with Gasteiger partial charge in [-0.2, -0.15) is 0 Å². The van der Waals surface area contributed by atoms with Gasteiger partial charge in [-0.1, -0.05) is 78.9 Å². The van der Waals surface area contributed by atoms with E-state index < -0.39 is 23.8 Å². The van der Waals surface area contributed by atoms with Crippen molar-refractivity contribution < 1.29 is 52.7 Å². The van der Waals surface area contributed by atoms with Gasteiger partial charge in [0.1, 0.15) is 0 Å². The number of aromatic amines is 1. The van der Waals surface area contributed by atoms with Gasteiger partial charge in [-0.05, 0) is 78.7 Å². The molecule has 714 valence electrons. The van der Waals surface area contributed by atoms with Crippen LogP contribution < -0.4 is 150 Å². The molecule has 11 amide bonds. The van der Waals surface area contributed by atoms with Gasteiger partial charge in [0.15, 0.2) is 0 Å². The van der Waals surface area contributed by atoms with E-state index in [1.165, 1.54) is 12.1 Å². The summed E-state index contributed by atoms with van der Waals surface area (Å²) in [7, 11) is 0. The van der Waals surface area contributed by atoms with Crippen molar-refractivity contribution in [3.05, 3.63) is 213 Å². The van der Waals surface area contributed by atoms with E-state index in [0.717, 1.165) is 49.2 Å². The monoisotopic (exact) mass is 1810 g/mol. The van der Waals surface area contributed by atoms with Crippen molar-refractivity contribution >= 4 is 75.9 Å². The fourth-order valence-corrected chi connectivity index (χ4v) is 13.3. The first kappa shape index (κ1) is 106. The van der Waals surface area contributed by atoms with Crippen LogP contribution in [0.15, 0.2) is 152 Å². The molecule has 0 spiro atoms. The molecule has 7 rings (SSSR count). The van der Waals surface area contributed by atoms with E-state index >= 15 is 0 Å². The number of fused-ring (bicyclic) bond motifs is 1. The number of rotatable bonds is 72. The van der Waals surface area contributed by atoms with Crippen LogP contribution in [0.2, 0.25) is 0 Å². The molecule has 0 bridgehead atoms. The first-order valence-corrected chi connectivity index (χ1v) is 45.4. The lowest BCUT2D eigenvalue weighted by atomic mass is 10.1. The summed E-state index contributed by atoms with van der Waals surface area (Å²) in [5.74, 6) is -4.35. The second-order valence-corrected chi connectivity index (χ2v) is 30.2. The Hall–Kier alpha value is -11.7. The predicted octanol–water partition coefficient (Wildman–Crippen LogP) is -5.33. The highest BCUT2D eigenvalue weighted by molar-refractivity contribution is 6.10. The van der Waals surface area contributed by atoms with Gasteiger partial charge >= 0.3 is 0 Å². The topological polar surface area (TPSA) is 568 Å². The number of carbonyl (C=O) groups is 11. The lowest BCUT2D eigenvalue weighted by molar-refractivity contribution is -0.123. The van der Waals surface area contributed by atoms with E-state index in [2.05, 4.69) is 143 Å². The summed E-state index contributed by atoms with van der Waals surface area (Å²) >= 11 is 0. The minimum absolute atomic E-state index is 0.0908. The third-order valence-corrected chi connectivity index (χ3v) is 20.2. The van der Waals surface area contributed by atoms with Crippen LogP contribution in [0, 0.1) is 0 Å². The summed E-state index contributed by atoms with van der Waals surface area (Å²) in [6.45, 7) is 23.6. The second-order valence-electron chi connectivity index (χ2n) is 30.2. The molecule has 40 nitrogen and oxygen atoms in total. The van der Waals surface area contributed by atoms with Crippen molar-refractivity contribution in [2.45, 2.75) is 12.5 Å². The molecule has 6 aromatic carbocycles. The first-order valence-electron chi connectivity index (χ1n) is 45.4. The number of aromatic nitrogens is 1. The zero-order valence-electron chi connectivity index (χ0n) is 75.1. The molecule has 0 saturated heterocycles. The fraction of sp³-hybridized carbons (Fsp3) is 0.462. The van der Waals surface area contributed by atoms with Crippen molar-refractivity contribution in [1.82, 2.24) is 143 Å². The zero-order chi connectivity index (χ0) is 93.2. The van der Waals surface area contributed by atoms with Crippen LogP contribution in [0.5, 0.6) is 0 Å². The Morgan fingerprint density at radius 3 is 0.603 bits per heavy atom. The average Bonchev–Trinajstić information content (AvgIpc) is 1.65. The number of para-hydroxylation sites is 1. The number of nitrogens with two attached hydrogens (primary N) is 2. The minimum Gasteiger partial charge on any atom is -0.361 e. The molecular weight excluding hydrogens is 1680 g/mol. The molecular formula is C91H139N29O11. The third kappa shape index (κ3) is 42.9. The molecule has 0 saturated carbocycles. The van der Waals surface area contributed by atoms with E-state index in [1.54, 1.807) is 115 Å². The maximum atomic E-state index is 13.2. The van der Waals surface area contributed by atoms with Crippen LogP contribution in [0.25, 0.3) is 10.9 Å². The molecule has 1 aromatic heterocycles. The summed E-state index contributed by atoms with van der Waals surface area (Å²) in [6.07, 6.45) is 2.06. The fourth-order valence-electron chi connectivity index (χ4n) is 13.3. The number of amides is 11. The lowest BCUT2D eigenvalue weighted by Gasteiger charge is -2.14. The summed E-state index contributed by atoms with van der Waals surface area (Å²) in [4.78, 5) is 147. The van der Waals surface area contributed by atoms with Crippen LogP contribution >= 0.6 is 0 Å². The molecule has 31 N–H and O–H groups in total. The Morgan fingerprint density at radius 1 is 0.221 bits per heavy atom. The zero-order valence-corrected chi connectivity index (χ0v) is 75.1. The van der Waals surface area contributed by atoms with Crippen LogP contribution in [-0.4, -0.2) is 338 Å². The van der Waals surface area contributed by atoms with Gasteiger partial charge in [0, 0.05) is 279 Å². The van der Waals surface area contributed by atoms with Crippen LogP contribution in [0.3, 0.4) is 0 Å². The number of nitrogens with one attached hydrogen (secondary N) is 27. The molecule has 40 heteroatoms. The van der Waals surface area contributed by atoms with Gasteiger partial charge in [0.05, 0.1) is 61.7 Å². The Morgan fingerprint density at radius 2 is 0.397 bits per heavy atom. The van der Waals surface area contributed by atoms with Gasteiger partial charge < -0.3 is 144 Å². The minimum atomic E-state index is -0.928. The molecule has 7 aromatic rings. The highest BCUT2D eigenvalue weighted by atomic mass is 16.2. The molecule has 0 fully saturated rings. The first-order chi connectivity index (χ1) is 64.2. The predicted molar refractivity (Wildman–Crippen MR) is 511 cm³/mol. The van der Waals surface area contributed by atoms with Gasteiger partial charge in [0.2, 0.25) is 0 Å². The number of hydrogen-bond acceptors (Lipinski definition) is 28. The van der Waals surface area contributed by atoms with Gasteiger partial charge in [-0.25, -0.2) is 0 Å². The van der Waals surface area contributed by atoms with Crippen molar-refractivity contribution in [3.63, 3.8) is 0 Å². The van der Waals surface area contributed by atoms with E-state index in [0.29, 0.717) is 251 Å². The molecule has 1 atom stereocenters. The van der Waals surface area contributed by atoms with E-state index in [4.69, 9.17) is 11.5 Å². The summed E-state index contributed by atoms with van der Waals surface area (Å²) in [5, 5.41) is 76.5. The summed E-state index contributed by atoms with van der Waals surface area (Å²) in [5.41, 5.74) is 20.8.